The van der Waals surface area contributed by atoms with Gasteiger partial charge in [-0.2, -0.15) is 13.2 Å². The van der Waals surface area contributed by atoms with Crippen LogP contribution in [0.4, 0.5) is 13.2 Å². The Morgan fingerprint density at radius 2 is 2.00 bits per heavy atom. The lowest BCUT2D eigenvalue weighted by Crippen LogP contribution is -2.28. The zero-order chi connectivity index (χ0) is 11.6. The van der Waals surface area contributed by atoms with Crippen LogP contribution in [-0.4, -0.2) is 18.4 Å². The third-order valence-corrected chi connectivity index (χ3v) is 1.91. The Kier molecular flexibility index (Phi) is 3.09. The van der Waals surface area contributed by atoms with Crippen LogP contribution < -0.4 is 10.5 Å². The van der Waals surface area contributed by atoms with Crippen molar-refractivity contribution in [2.75, 3.05) is 7.11 Å². The van der Waals surface area contributed by atoms with E-state index in [2.05, 4.69) is 0 Å². The van der Waals surface area contributed by atoms with Gasteiger partial charge in [-0.3, -0.25) is 0 Å². The van der Waals surface area contributed by atoms with Crippen LogP contribution >= 0.6 is 0 Å². The Morgan fingerprint density at radius 3 is 2.40 bits per heavy atom. The number of halogens is 3. The first-order valence-electron chi connectivity index (χ1n) is 4.05. The van der Waals surface area contributed by atoms with Gasteiger partial charge in [0.2, 0.25) is 0 Å². The maximum atomic E-state index is 12.2. The molecule has 0 saturated carbocycles. The molecule has 1 atom stereocenters. The monoisotopic (exact) mass is 221 g/mol. The average molecular weight is 221 g/mol. The molecule has 1 rings (SSSR count). The number of aromatic hydroxyl groups is 1. The second-order valence-corrected chi connectivity index (χ2v) is 2.95. The van der Waals surface area contributed by atoms with Crippen molar-refractivity contribution in [3.63, 3.8) is 0 Å². The maximum absolute atomic E-state index is 12.2. The molecule has 0 aliphatic carbocycles. The summed E-state index contributed by atoms with van der Waals surface area (Å²) in [6, 6.07) is 1.23. The first kappa shape index (κ1) is 11.6. The van der Waals surface area contributed by atoms with Gasteiger partial charge in [0, 0.05) is 0 Å². The first-order chi connectivity index (χ1) is 6.86. The van der Waals surface area contributed by atoms with Gasteiger partial charge in [-0.1, -0.05) is 6.07 Å². The predicted octanol–water partition coefficient (Wildman–Crippen LogP) is 1.96. The molecule has 0 saturated heterocycles. The second-order valence-electron chi connectivity index (χ2n) is 2.95. The number of hydrogen-bond donors (Lipinski definition) is 2. The summed E-state index contributed by atoms with van der Waals surface area (Å²) in [7, 11) is 1.30. The Balaban J connectivity index is 3.02. The molecule has 0 unspecified atom stereocenters. The first-order valence-corrected chi connectivity index (χ1v) is 4.05. The zero-order valence-electron chi connectivity index (χ0n) is 7.88. The zero-order valence-corrected chi connectivity index (χ0v) is 7.88. The average Bonchev–Trinajstić information content (AvgIpc) is 2.15. The van der Waals surface area contributed by atoms with E-state index in [1.165, 1.54) is 13.2 Å². The molecule has 84 valence electrons. The molecule has 0 bridgehead atoms. The number of benzene rings is 1. The van der Waals surface area contributed by atoms with E-state index in [1.54, 1.807) is 0 Å². The molecule has 0 aliphatic heterocycles. The fourth-order valence-corrected chi connectivity index (χ4v) is 1.09. The highest BCUT2D eigenvalue weighted by Crippen LogP contribution is 2.34. The van der Waals surface area contributed by atoms with E-state index < -0.39 is 12.2 Å². The molecule has 15 heavy (non-hydrogen) atoms. The third-order valence-electron chi connectivity index (χ3n) is 1.91. The van der Waals surface area contributed by atoms with Crippen LogP contribution in [0.3, 0.4) is 0 Å². The van der Waals surface area contributed by atoms with Crippen molar-refractivity contribution in [2.45, 2.75) is 12.2 Å². The van der Waals surface area contributed by atoms with Crippen LogP contribution in [0.2, 0.25) is 0 Å². The van der Waals surface area contributed by atoms with E-state index >= 15 is 0 Å². The Bertz CT molecular complexity index is 352. The summed E-state index contributed by atoms with van der Waals surface area (Å²) < 4.78 is 41.3. The maximum Gasteiger partial charge on any atom is 0.407 e. The molecule has 1 aromatic rings. The Hall–Kier alpha value is -1.43. The van der Waals surface area contributed by atoms with Crippen LogP contribution in [-0.2, 0) is 0 Å². The molecule has 0 amide bonds. The fraction of sp³-hybridized carbons (Fsp3) is 0.333. The van der Waals surface area contributed by atoms with Gasteiger partial charge in [-0.15, -0.1) is 0 Å². The van der Waals surface area contributed by atoms with E-state index in [0.29, 0.717) is 0 Å². The van der Waals surface area contributed by atoms with Crippen LogP contribution in [0.1, 0.15) is 11.6 Å². The summed E-state index contributed by atoms with van der Waals surface area (Å²) in [4.78, 5) is 0. The molecule has 0 heterocycles. The lowest BCUT2D eigenvalue weighted by molar-refractivity contribution is -0.149. The summed E-state index contributed by atoms with van der Waals surface area (Å²) in [6.07, 6.45) is -4.53. The van der Waals surface area contributed by atoms with Crippen LogP contribution in [0.15, 0.2) is 18.2 Å². The molecular formula is C9H10F3NO2. The van der Waals surface area contributed by atoms with E-state index in [9.17, 15) is 18.3 Å². The summed E-state index contributed by atoms with van der Waals surface area (Å²) in [5.74, 6) is -0.261. The van der Waals surface area contributed by atoms with Crippen LogP contribution in [0, 0.1) is 0 Å². The Labute approximate surface area is 84.3 Å². The molecule has 0 aromatic heterocycles. The van der Waals surface area contributed by atoms with Crippen LogP contribution in [0.25, 0.3) is 0 Å². The van der Waals surface area contributed by atoms with E-state index in [4.69, 9.17) is 10.5 Å². The highest BCUT2D eigenvalue weighted by Gasteiger charge is 2.38. The number of ether oxygens (including phenoxy) is 1. The fourth-order valence-electron chi connectivity index (χ4n) is 1.09. The molecule has 3 nitrogen and oxygen atoms in total. The molecular weight excluding hydrogens is 211 g/mol. The van der Waals surface area contributed by atoms with Gasteiger partial charge < -0.3 is 15.6 Å². The van der Waals surface area contributed by atoms with Gasteiger partial charge >= 0.3 is 6.18 Å². The molecule has 3 N–H and O–H groups in total. The minimum Gasteiger partial charge on any atom is -0.504 e. The van der Waals surface area contributed by atoms with Crippen LogP contribution in [0.5, 0.6) is 11.5 Å². The van der Waals surface area contributed by atoms with Crippen molar-refractivity contribution < 1.29 is 23.0 Å². The molecule has 0 fully saturated rings. The summed E-state index contributed by atoms with van der Waals surface area (Å²) in [5.41, 5.74) is 4.75. The quantitative estimate of drug-likeness (QED) is 0.802. The number of methoxy groups -OCH3 is 1. The number of alkyl halides is 3. The van der Waals surface area contributed by atoms with E-state index in [1.807, 2.05) is 0 Å². The number of hydrogen-bond acceptors (Lipinski definition) is 3. The van der Waals surface area contributed by atoms with Gasteiger partial charge in [0.1, 0.15) is 6.04 Å². The van der Waals surface area contributed by atoms with Gasteiger partial charge in [0.05, 0.1) is 7.11 Å². The SMILES string of the molecule is COc1ccc([C@@H](N)C(F)(F)F)cc1O. The van der Waals surface area contributed by atoms with Gasteiger partial charge in [-0.25, -0.2) is 0 Å². The standard InChI is InChI=1S/C9H10F3NO2/c1-15-7-3-2-5(4-6(7)14)8(13)9(10,11)12/h2-4,8,14H,13H2,1H3/t8-/m1/s1. The highest BCUT2D eigenvalue weighted by molar-refractivity contribution is 5.42. The minimum absolute atomic E-state index is 0.105. The van der Waals surface area contributed by atoms with Gasteiger partial charge in [0.25, 0.3) is 0 Å². The lowest BCUT2D eigenvalue weighted by atomic mass is 10.1. The molecule has 1 aromatic carbocycles. The van der Waals surface area contributed by atoms with Gasteiger partial charge in [-0.05, 0) is 17.7 Å². The number of phenols is 1. The largest absolute Gasteiger partial charge is 0.504 e. The number of nitrogens with two attached hydrogens (primary N) is 1. The van der Waals surface area contributed by atoms with Gasteiger partial charge in [0.15, 0.2) is 11.5 Å². The highest BCUT2D eigenvalue weighted by atomic mass is 19.4. The third kappa shape index (κ3) is 2.53. The summed E-state index contributed by atoms with van der Waals surface area (Å²) >= 11 is 0. The van der Waals surface area contributed by atoms with Crippen molar-refractivity contribution in [1.82, 2.24) is 0 Å². The summed E-state index contributed by atoms with van der Waals surface area (Å²) in [5, 5.41) is 9.26. The molecule has 6 heteroatoms. The summed E-state index contributed by atoms with van der Waals surface area (Å²) in [6.45, 7) is 0. The minimum atomic E-state index is -4.53. The Morgan fingerprint density at radius 1 is 1.40 bits per heavy atom. The van der Waals surface area contributed by atoms with Crippen molar-refractivity contribution in [2.24, 2.45) is 5.73 Å². The number of phenolic OH excluding ortho intramolecular Hbond substituents is 1. The second kappa shape index (κ2) is 3.98. The van der Waals surface area contributed by atoms with E-state index in [0.717, 1.165) is 12.1 Å². The van der Waals surface area contributed by atoms with Crippen molar-refractivity contribution in [3.05, 3.63) is 23.8 Å². The lowest BCUT2D eigenvalue weighted by Gasteiger charge is -2.16. The normalized spacial score (nSPS) is 13.7. The smallest absolute Gasteiger partial charge is 0.407 e. The predicted molar refractivity (Wildman–Crippen MR) is 47.6 cm³/mol. The molecule has 0 aliphatic rings. The number of rotatable bonds is 2. The van der Waals surface area contributed by atoms with Crippen molar-refractivity contribution >= 4 is 0 Å². The van der Waals surface area contributed by atoms with Crippen molar-refractivity contribution in [3.8, 4) is 11.5 Å². The van der Waals surface area contributed by atoms with E-state index in [-0.39, 0.29) is 17.1 Å². The van der Waals surface area contributed by atoms with Crippen molar-refractivity contribution in [1.29, 1.82) is 0 Å². The molecule has 0 radical (unpaired) electrons. The topological polar surface area (TPSA) is 55.5 Å². The molecule has 0 spiro atoms.